The van der Waals surface area contributed by atoms with E-state index in [9.17, 15) is 4.79 Å². The topological polar surface area (TPSA) is 50.8 Å². The average Bonchev–Trinajstić information content (AvgIpc) is 2.45. The summed E-state index contributed by atoms with van der Waals surface area (Å²) in [6.07, 6.45) is 0. The van der Waals surface area contributed by atoms with Gasteiger partial charge in [0.2, 0.25) is 5.91 Å². The lowest BCUT2D eigenvalue weighted by Gasteiger charge is -2.25. The molecule has 0 aliphatic carbocycles. The predicted octanol–water partition coefficient (Wildman–Crippen LogP) is 2.05. The summed E-state index contributed by atoms with van der Waals surface area (Å²) in [5.74, 6) is 1.44. The Labute approximate surface area is 127 Å². The third-order valence-corrected chi connectivity index (χ3v) is 3.35. The summed E-state index contributed by atoms with van der Waals surface area (Å²) in [6.45, 7) is 6.48. The summed E-state index contributed by atoms with van der Waals surface area (Å²) in [4.78, 5) is 14.0. The molecular weight excluding hydrogens is 268 g/mol. The number of ether oxygens (including phenoxy) is 2. The lowest BCUT2D eigenvalue weighted by molar-refractivity contribution is -0.126. The van der Waals surface area contributed by atoms with Crippen LogP contribution in [-0.4, -0.2) is 44.2 Å². The molecule has 118 valence electrons. The third kappa shape index (κ3) is 4.93. The van der Waals surface area contributed by atoms with E-state index in [0.29, 0.717) is 18.0 Å². The van der Waals surface area contributed by atoms with Gasteiger partial charge in [-0.1, -0.05) is 6.07 Å². The van der Waals surface area contributed by atoms with Gasteiger partial charge in [-0.2, -0.15) is 0 Å². The number of hydrogen-bond donors (Lipinski definition) is 1. The van der Waals surface area contributed by atoms with E-state index >= 15 is 0 Å². The Kier molecular flexibility index (Phi) is 6.49. The number of nitrogens with zero attached hydrogens (tertiary/aromatic N) is 1. The molecule has 0 aliphatic rings. The van der Waals surface area contributed by atoms with Crippen molar-refractivity contribution in [2.24, 2.45) is 0 Å². The van der Waals surface area contributed by atoms with Gasteiger partial charge in [0, 0.05) is 12.6 Å². The van der Waals surface area contributed by atoms with E-state index in [4.69, 9.17) is 9.47 Å². The van der Waals surface area contributed by atoms with E-state index in [1.165, 1.54) is 0 Å². The van der Waals surface area contributed by atoms with Crippen molar-refractivity contribution in [1.82, 2.24) is 10.2 Å². The molecule has 0 aromatic heterocycles. The molecule has 0 radical (unpaired) electrons. The molecular formula is C16H26N2O3. The second-order valence-electron chi connectivity index (χ2n) is 5.44. The Bertz CT molecular complexity index is 475. The fourth-order valence-electron chi connectivity index (χ4n) is 2.01. The highest BCUT2D eigenvalue weighted by Crippen LogP contribution is 2.28. The van der Waals surface area contributed by atoms with Crippen LogP contribution in [0.2, 0.25) is 0 Å². The van der Waals surface area contributed by atoms with Gasteiger partial charge >= 0.3 is 0 Å². The minimum atomic E-state index is -0.194. The van der Waals surface area contributed by atoms with Crippen molar-refractivity contribution < 1.29 is 14.3 Å². The Morgan fingerprint density at radius 2 is 1.81 bits per heavy atom. The van der Waals surface area contributed by atoms with Crippen LogP contribution in [0.1, 0.15) is 26.3 Å². The number of likely N-dealkylation sites (N-methyl/N-ethyl adjacent to an activating group) is 1. The van der Waals surface area contributed by atoms with Crippen molar-refractivity contribution in [3.05, 3.63) is 23.8 Å². The van der Waals surface area contributed by atoms with Gasteiger partial charge < -0.3 is 14.8 Å². The molecule has 5 heteroatoms. The minimum Gasteiger partial charge on any atom is -0.493 e. The fraction of sp³-hybridized carbons (Fsp3) is 0.562. The van der Waals surface area contributed by atoms with Crippen molar-refractivity contribution in [2.75, 3.05) is 21.3 Å². The van der Waals surface area contributed by atoms with E-state index in [2.05, 4.69) is 5.32 Å². The van der Waals surface area contributed by atoms with Crippen LogP contribution in [0.5, 0.6) is 11.5 Å². The number of benzene rings is 1. The van der Waals surface area contributed by atoms with Crippen molar-refractivity contribution in [2.45, 2.75) is 39.4 Å². The van der Waals surface area contributed by atoms with Gasteiger partial charge in [-0.05, 0) is 45.5 Å². The zero-order chi connectivity index (χ0) is 16.0. The molecule has 0 unspecified atom stereocenters. The first-order chi connectivity index (χ1) is 9.88. The number of carbonyl (C=O) groups excluding carboxylic acids is 1. The Morgan fingerprint density at radius 1 is 1.19 bits per heavy atom. The highest BCUT2D eigenvalue weighted by atomic mass is 16.5. The lowest BCUT2D eigenvalue weighted by Crippen LogP contribution is -2.45. The second-order valence-corrected chi connectivity index (χ2v) is 5.44. The minimum absolute atomic E-state index is 0.0352. The summed E-state index contributed by atoms with van der Waals surface area (Å²) >= 11 is 0. The first-order valence-corrected chi connectivity index (χ1v) is 7.10. The van der Waals surface area contributed by atoms with Gasteiger partial charge in [-0.25, -0.2) is 0 Å². The second kappa shape index (κ2) is 7.88. The standard InChI is InChI=1S/C16H26N2O3/c1-11(2)17-16(19)12(3)18(4)10-13-7-8-14(20-5)15(9-13)21-6/h7-9,11-12H,10H2,1-6H3,(H,17,19)/t12-/m0/s1. The molecule has 5 nitrogen and oxygen atoms in total. The van der Waals surface area contributed by atoms with Crippen LogP contribution in [0.3, 0.4) is 0 Å². The van der Waals surface area contributed by atoms with E-state index in [1.54, 1.807) is 14.2 Å². The Morgan fingerprint density at radius 3 is 2.33 bits per heavy atom. The maximum Gasteiger partial charge on any atom is 0.237 e. The largest absolute Gasteiger partial charge is 0.493 e. The van der Waals surface area contributed by atoms with Crippen molar-refractivity contribution in [1.29, 1.82) is 0 Å². The molecule has 0 aliphatic heterocycles. The van der Waals surface area contributed by atoms with Gasteiger partial charge in [0.05, 0.1) is 20.3 Å². The van der Waals surface area contributed by atoms with E-state index in [1.807, 2.05) is 50.9 Å². The quantitative estimate of drug-likeness (QED) is 0.836. The number of methoxy groups -OCH3 is 2. The summed E-state index contributed by atoms with van der Waals surface area (Å²) in [7, 11) is 5.16. The van der Waals surface area contributed by atoms with Crippen LogP contribution in [0, 0.1) is 0 Å². The molecule has 1 rings (SSSR count). The molecule has 21 heavy (non-hydrogen) atoms. The molecule has 0 bridgehead atoms. The molecule has 1 aromatic rings. The zero-order valence-corrected chi connectivity index (χ0v) is 13.8. The van der Waals surface area contributed by atoms with Gasteiger partial charge in [-0.3, -0.25) is 9.69 Å². The van der Waals surface area contributed by atoms with E-state index in [-0.39, 0.29) is 18.0 Å². The summed E-state index contributed by atoms with van der Waals surface area (Å²) in [6, 6.07) is 5.74. The normalized spacial score (nSPS) is 12.4. The van der Waals surface area contributed by atoms with E-state index < -0.39 is 0 Å². The molecule has 1 aromatic carbocycles. The third-order valence-electron chi connectivity index (χ3n) is 3.35. The summed E-state index contributed by atoms with van der Waals surface area (Å²) in [5.41, 5.74) is 1.07. The number of nitrogens with one attached hydrogen (secondary N) is 1. The molecule has 0 fully saturated rings. The number of amides is 1. The van der Waals surface area contributed by atoms with Crippen LogP contribution in [0.15, 0.2) is 18.2 Å². The number of hydrogen-bond acceptors (Lipinski definition) is 4. The Balaban J connectivity index is 2.74. The fourth-order valence-corrected chi connectivity index (χ4v) is 2.01. The highest BCUT2D eigenvalue weighted by molar-refractivity contribution is 5.81. The van der Waals surface area contributed by atoms with Gasteiger partial charge in [0.1, 0.15) is 0 Å². The van der Waals surface area contributed by atoms with Crippen molar-refractivity contribution in [3.63, 3.8) is 0 Å². The lowest BCUT2D eigenvalue weighted by atomic mass is 10.1. The molecule has 0 saturated carbocycles. The predicted molar refractivity (Wildman–Crippen MR) is 83.8 cm³/mol. The maximum absolute atomic E-state index is 12.0. The van der Waals surface area contributed by atoms with Crippen molar-refractivity contribution in [3.8, 4) is 11.5 Å². The Hall–Kier alpha value is -1.75. The maximum atomic E-state index is 12.0. The van der Waals surface area contributed by atoms with Crippen LogP contribution in [0.25, 0.3) is 0 Å². The first kappa shape index (κ1) is 17.3. The van der Waals surface area contributed by atoms with Gasteiger partial charge in [0.25, 0.3) is 0 Å². The number of rotatable bonds is 7. The zero-order valence-electron chi connectivity index (χ0n) is 13.8. The van der Waals surface area contributed by atoms with Crippen molar-refractivity contribution >= 4 is 5.91 Å². The van der Waals surface area contributed by atoms with Crippen LogP contribution in [-0.2, 0) is 11.3 Å². The first-order valence-electron chi connectivity index (χ1n) is 7.10. The number of carbonyl (C=O) groups is 1. The van der Waals surface area contributed by atoms with E-state index in [0.717, 1.165) is 5.56 Å². The highest BCUT2D eigenvalue weighted by Gasteiger charge is 2.19. The summed E-state index contributed by atoms with van der Waals surface area (Å²) < 4.78 is 10.5. The SMILES string of the molecule is COc1ccc(CN(C)[C@@H](C)C(=O)NC(C)C)cc1OC. The molecule has 0 spiro atoms. The monoisotopic (exact) mass is 294 g/mol. The molecule has 1 N–H and O–H groups in total. The average molecular weight is 294 g/mol. The molecule has 1 atom stereocenters. The van der Waals surface area contributed by atoms with Crippen LogP contribution < -0.4 is 14.8 Å². The van der Waals surface area contributed by atoms with Crippen LogP contribution >= 0.6 is 0 Å². The van der Waals surface area contributed by atoms with Gasteiger partial charge in [0.15, 0.2) is 11.5 Å². The van der Waals surface area contributed by atoms with Gasteiger partial charge in [-0.15, -0.1) is 0 Å². The molecule has 0 saturated heterocycles. The van der Waals surface area contributed by atoms with Crippen LogP contribution in [0.4, 0.5) is 0 Å². The molecule has 1 amide bonds. The molecule has 0 heterocycles. The summed E-state index contributed by atoms with van der Waals surface area (Å²) in [5, 5.41) is 2.92. The smallest absolute Gasteiger partial charge is 0.237 e.